The van der Waals surface area contributed by atoms with Crippen molar-refractivity contribution < 1.29 is 9.21 Å². The molecule has 1 amide bonds. The molecule has 0 unspecified atom stereocenters. The smallest absolute Gasteiger partial charge is 0.284 e. The monoisotopic (exact) mass is 185 g/mol. The molecule has 1 atom stereocenters. The minimum atomic E-state index is -0.106. The predicted molar refractivity (Wildman–Crippen MR) is 41.8 cm³/mol. The molecule has 12 heavy (non-hydrogen) atoms. The van der Waals surface area contributed by atoms with Crippen molar-refractivity contribution in [2.45, 2.75) is 18.9 Å². The minimum Gasteiger partial charge on any atom is -0.412 e. The van der Waals surface area contributed by atoms with Gasteiger partial charge >= 0.3 is 0 Å². The molecule has 6 heteroatoms. The van der Waals surface area contributed by atoms with Gasteiger partial charge in [-0.1, -0.05) is 0 Å². The first-order valence-corrected chi connectivity index (χ1v) is 4.01. The molecule has 2 heterocycles. The van der Waals surface area contributed by atoms with E-state index < -0.39 is 0 Å². The summed E-state index contributed by atoms with van der Waals surface area (Å²) in [6.07, 6.45) is 1.25. The summed E-state index contributed by atoms with van der Waals surface area (Å²) in [6.45, 7) is 0. The van der Waals surface area contributed by atoms with E-state index in [2.05, 4.69) is 15.5 Å². The number of carbonyl (C=O) groups excluding carboxylic acids is 1. The van der Waals surface area contributed by atoms with E-state index in [0.29, 0.717) is 12.3 Å². The van der Waals surface area contributed by atoms with Crippen molar-refractivity contribution in [3.8, 4) is 0 Å². The Hall–Kier alpha value is -1.17. The molecule has 0 radical (unpaired) electrons. The van der Waals surface area contributed by atoms with E-state index in [0.717, 1.165) is 6.42 Å². The van der Waals surface area contributed by atoms with Crippen molar-refractivity contribution in [2.24, 2.45) is 0 Å². The van der Waals surface area contributed by atoms with Gasteiger partial charge in [0.2, 0.25) is 11.8 Å². The lowest BCUT2D eigenvalue weighted by atomic mass is 10.2. The topological polar surface area (TPSA) is 70.9 Å². The number of nitrogens with zero attached hydrogens (tertiary/aromatic N) is 1. The van der Waals surface area contributed by atoms with Crippen LogP contribution >= 0.6 is 12.2 Å². The maximum atomic E-state index is 10.8. The number of rotatable bonds is 1. The Labute approximate surface area is 73.2 Å². The van der Waals surface area contributed by atoms with Gasteiger partial charge in [0, 0.05) is 6.42 Å². The van der Waals surface area contributed by atoms with Crippen LogP contribution in [0.1, 0.15) is 24.8 Å². The predicted octanol–water partition coefficient (Wildman–Crippen LogP) is 0.683. The minimum absolute atomic E-state index is 0.0316. The van der Waals surface area contributed by atoms with Crippen molar-refractivity contribution >= 4 is 18.1 Å². The standard InChI is InChI=1S/C6H7N3O2S/c10-4-2-1-3(7-4)5-8-9-6(12)11-5/h3H,1-2H2,(H,7,10)(H,9,12)/t3-/m1/s1. The normalized spacial score (nSPS) is 22.7. The van der Waals surface area contributed by atoms with E-state index in [9.17, 15) is 4.79 Å². The first-order valence-electron chi connectivity index (χ1n) is 3.60. The quantitative estimate of drug-likeness (QED) is 0.631. The van der Waals surface area contributed by atoms with Crippen LogP contribution in [0.5, 0.6) is 0 Å². The molecule has 2 rings (SSSR count). The molecule has 5 nitrogen and oxygen atoms in total. The number of amides is 1. The van der Waals surface area contributed by atoms with Crippen LogP contribution in [0.15, 0.2) is 4.42 Å². The summed E-state index contributed by atoms with van der Waals surface area (Å²) < 4.78 is 5.05. The van der Waals surface area contributed by atoms with Crippen LogP contribution in [0.2, 0.25) is 0 Å². The molecule has 1 aliphatic rings. The average molecular weight is 185 g/mol. The second-order valence-electron chi connectivity index (χ2n) is 2.61. The summed E-state index contributed by atoms with van der Waals surface area (Å²) in [4.78, 5) is 11.1. The van der Waals surface area contributed by atoms with Crippen molar-refractivity contribution in [1.29, 1.82) is 0 Å². The highest BCUT2D eigenvalue weighted by Gasteiger charge is 2.25. The molecule has 0 aromatic carbocycles. The average Bonchev–Trinajstić information content (AvgIpc) is 2.58. The van der Waals surface area contributed by atoms with Crippen LogP contribution in [0.25, 0.3) is 0 Å². The fraction of sp³-hybridized carbons (Fsp3) is 0.500. The molecule has 1 saturated heterocycles. The summed E-state index contributed by atoms with van der Waals surface area (Å²) in [6, 6.07) is -0.106. The zero-order chi connectivity index (χ0) is 8.55. The van der Waals surface area contributed by atoms with Crippen LogP contribution < -0.4 is 5.32 Å². The second-order valence-corrected chi connectivity index (χ2v) is 2.98. The van der Waals surface area contributed by atoms with Gasteiger partial charge in [-0.2, -0.15) is 0 Å². The van der Waals surface area contributed by atoms with E-state index in [1.165, 1.54) is 0 Å². The van der Waals surface area contributed by atoms with Crippen LogP contribution in [0, 0.1) is 4.84 Å². The lowest BCUT2D eigenvalue weighted by Crippen LogP contribution is -2.18. The van der Waals surface area contributed by atoms with E-state index in [1.807, 2.05) is 0 Å². The van der Waals surface area contributed by atoms with Gasteiger partial charge in [0.1, 0.15) is 6.04 Å². The van der Waals surface area contributed by atoms with Crippen LogP contribution in [0.4, 0.5) is 0 Å². The second kappa shape index (κ2) is 2.71. The van der Waals surface area contributed by atoms with E-state index in [4.69, 9.17) is 16.6 Å². The van der Waals surface area contributed by atoms with Crippen molar-refractivity contribution in [1.82, 2.24) is 15.5 Å². The Kier molecular flexibility index (Phi) is 1.69. The van der Waals surface area contributed by atoms with Gasteiger partial charge in [-0.3, -0.25) is 4.79 Å². The number of hydrogen-bond acceptors (Lipinski definition) is 4. The van der Waals surface area contributed by atoms with Gasteiger partial charge in [-0.25, -0.2) is 5.10 Å². The van der Waals surface area contributed by atoms with Crippen molar-refractivity contribution in [3.63, 3.8) is 0 Å². The van der Waals surface area contributed by atoms with Gasteiger partial charge in [0.05, 0.1) is 0 Å². The number of aromatic amines is 1. The molecule has 1 fully saturated rings. The highest BCUT2D eigenvalue weighted by atomic mass is 32.1. The zero-order valence-electron chi connectivity index (χ0n) is 6.16. The number of aromatic nitrogens is 2. The van der Waals surface area contributed by atoms with Crippen LogP contribution in [-0.4, -0.2) is 16.1 Å². The summed E-state index contributed by atoms with van der Waals surface area (Å²) in [5.74, 6) is 0.495. The summed E-state index contributed by atoms with van der Waals surface area (Å²) in [5.41, 5.74) is 0. The van der Waals surface area contributed by atoms with Gasteiger partial charge in [-0.15, -0.1) is 5.10 Å². The van der Waals surface area contributed by atoms with Crippen molar-refractivity contribution in [3.05, 3.63) is 10.7 Å². The van der Waals surface area contributed by atoms with Crippen LogP contribution in [-0.2, 0) is 4.79 Å². The Morgan fingerprint density at radius 3 is 3.00 bits per heavy atom. The first kappa shape index (κ1) is 7.48. The summed E-state index contributed by atoms with van der Waals surface area (Å²) in [5, 5.41) is 9.05. The Morgan fingerprint density at radius 2 is 2.50 bits per heavy atom. The van der Waals surface area contributed by atoms with Crippen molar-refractivity contribution in [2.75, 3.05) is 0 Å². The third-order valence-corrected chi connectivity index (χ3v) is 1.92. The van der Waals surface area contributed by atoms with Gasteiger partial charge in [0.25, 0.3) is 4.84 Å². The zero-order valence-corrected chi connectivity index (χ0v) is 6.98. The highest BCUT2D eigenvalue weighted by Crippen LogP contribution is 2.21. The van der Waals surface area contributed by atoms with Gasteiger partial charge in [0.15, 0.2) is 0 Å². The van der Waals surface area contributed by atoms with Gasteiger partial charge in [-0.05, 0) is 18.6 Å². The number of hydrogen-bond donors (Lipinski definition) is 2. The van der Waals surface area contributed by atoms with Gasteiger partial charge < -0.3 is 9.73 Å². The first-order chi connectivity index (χ1) is 5.75. The Morgan fingerprint density at radius 1 is 1.67 bits per heavy atom. The number of H-pyrrole nitrogens is 1. The SMILES string of the molecule is O=C1CC[C@H](c2n[nH]c(=S)o2)N1. The lowest BCUT2D eigenvalue weighted by molar-refractivity contribution is -0.119. The highest BCUT2D eigenvalue weighted by molar-refractivity contribution is 7.71. The lowest BCUT2D eigenvalue weighted by Gasteiger charge is -2.01. The molecule has 64 valence electrons. The molecule has 1 aromatic heterocycles. The molecular formula is C6H7N3O2S. The molecule has 0 saturated carbocycles. The maximum absolute atomic E-state index is 10.8. The summed E-state index contributed by atoms with van der Waals surface area (Å²) in [7, 11) is 0. The van der Waals surface area contributed by atoms with E-state index in [1.54, 1.807) is 0 Å². The molecule has 1 aliphatic heterocycles. The maximum Gasteiger partial charge on any atom is 0.284 e. The third-order valence-electron chi connectivity index (χ3n) is 1.75. The molecule has 0 bridgehead atoms. The molecule has 1 aromatic rings. The Bertz CT molecular complexity index is 356. The van der Waals surface area contributed by atoms with Crippen LogP contribution in [0.3, 0.4) is 0 Å². The Balaban J connectivity index is 2.21. The van der Waals surface area contributed by atoms with E-state index >= 15 is 0 Å². The van der Waals surface area contributed by atoms with E-state index in [-0.39, 0.29) is 16.8 Å². The molecule has 2 N–H and O–H groups in total. The molecular weight excluding hydrogens is 178 g/mol. The fourth-order valence-corrected chi connectivity index (χ4v) is 1.32. The molecule has 0 aliphatic carbocycles. The number of carbonyl (C=O) groups is 1. The fourth-order valence-electron chi connectivity index (χ4n) is 1.19. The summed E-state index contributed by atoms with van der Waals surface area (Å²) >= 11 is 4.70. The number of nitrogens with one attached hydrogen (secondary N) is 2. The molecule has 0 spiro atoms. The third kappa shape index (κ3) is 1.25. The largest absolute Gasteiger partial charge is 0.412 e.